The topological polar surface area (TPSA) is 110 Å². The lowest BCUT2D eigenvalue weighted by Gasteiger charge is -2.16. The van der Waals surface area contributed by atoms with Gasteiger partial charge in [-0.1, -0.05) is 0 Å². The van der Waals surface area contributed by atoms with Crippen LogP contribution >= 0.6 is 0 Å². The fourth-order valence-electron chi connectivity index (χ4n) is 5.27. The maximum Gasteiger partial charge on any atom is 0.267 e. The first kappa shape index (κ1) is 26.0. The Morgan fingerprint density at radius 1 is 0.829 bits per heavy atom. The zero-order valence-electron chi connectivity index (χ0n) is 23.1. The van der Waals surface area contributed by atoms with Crippen molar-refractivity contribution >= 4 is 49.7 Å². The Labute approximate surface area is 234 Å². The number of hydrogen-bond acceptors (Lipinski definition) is 8. The van der Waals surface area contributed by atoms with Crippen LogP contribution in [0.4, 0.5) is 5.69 Å². The molecule has 41 heavy (non-hydrogen) atoms. The van der Waals surface area contributed by atoms with Crippen molar-refractivity contribution in [3.8, 4) is 28.7 Å². The molecule has 6 rings (SSSR count). The molecule has 10 heteroatoms. The second-order valence-electron chi connectivity index (χ2n) is 9.41. The molecule has 3 heterocycles. The second kappa shape index (κ2) is 10.1. The van der Waals surface area contributed by atoms with Gasteiger partial charge >= 0.3 is 0 Å². The molecule has 0 bridgehead atoms. The van der Waals surface area contributed by atoms with Crippen LogP contribution in [0, 0.1) is 0 Å². The smallest absolute Gasteiger partial charge is 0.267 e. The van der Waals surface area contributed by atoms with Crippen molar-refractivity contribution in [2.24, 2.45) is 0 Å². The number of anilines is 1. The van der Waals surface area contributed by atoms with Crippen molar-refractivity contribution in [3.05, 3.63) is 71.1 Å². The van der Waals surface area contributed by atoms with Gasteiger partial charge in [0.2, 0.25) is 0 Å². The highest BCUT2D eigenvalue weighted by molar-refractivity contribution is 6.19. The van der Waals surface area contributed by atoms with Crippen LogP contribution in [0.1, 0.15) is 6.92 Å². The van der Waals surface area contributed by atoms with E-state index in [-0.39, 0.29) is 11.5 Å². The Morgan fingerprint density at radius 3 is 2.34 bits per heavy atom. The van der Waals surface area contributed by atoms with E-state index < -0.39 is 6.10 Å². The highest BCUT2D eigenvalue weighted by Gasteiger charge is 2.23. The summed E-state index contributed by atoms with van der Waals surface area (Å²) in [6.45, 7) is 1.66. The summed E-state index contributed by atoms with van der Waals surface area (Å²) < 4.78 is 29.3. The van der Waals surface area contributed by atoms with Gasteiger partial charge in [-0.05, 0) is 55.5 Å². The van der Waals surface area contributed by atoms with Crippen molar-refractivity contribution in [2.45, 2.75) is 13.0 Å². The number of benzene rings is 3. The van der Waals surface area contributed by atoms with E-state index in [0.29, 0.717) is 61.8 Å². The SMILES string of the molecule is COc1ccc(NC(=O)C(C)Oc2ccc3c(c2)c2ccnc4c5ccc(OC)c(OC)c5c(=O)n3c24)c(OC)c1. The first-order valence-electron chi connectivity index (χ1n) is 12.8. The number of aromatic nitrogens is 2. The molecule has 0 saturated heterocycles. The minimum absolute atomic E-state index is 0.244. The number of nitrogens with zero attached hydrogens (tertiary/aromatic N) is 2. The van der Waals surface area contributed by atoms with Crippen molar-refractivity contribution in [3.63, 3.8) is 0 Å². The number of amides is 1. The van der Waals surface area contributed by atoms with Gasteiger partial charge in [-0.2, -0.15) is 0 Å². The number of rotatable bonds is 8. The van der Waals surface area contributed by atoms with Gasteiger partial charge in [-0.25, -0.2) is 0 Å². The Kier molecular flexibility index (Phi) is 6.37. The number of methoxy groups -OCH3 is 4. The van der Waals surface area contributed by atoms with E-state index in [1.807, 2.05) is 18.2 Å². The molecule has 3 aromatic heterocycles. The molecule has 0 spiro atoms. The van der Waals surface area contributed by atoms with E-state index in [4.69, 9.17) is 23.7 Å². The van der Waals surface area contributed by atoms with Crippen molar-refractivity contribution in [2.75, 3.05) is 33.8 Å². The molecule has 0 fully saturated rings. The van der Waals surface area contributed by atoms with Crippen LogP contribution in [0.5, 0.6) is 28.7 Å². The fraction of sp³-hybridized carbons (Fsp3) is 0.194. The minimum atomic E-state index is -0.830. The molecule has 0 radical (unpaired) electrons. The van der Waals surface area contributed by atoms with Gasteiger partial charge in [-0.15, -0.1) is 0 Å². The summed E-state index contributed by atoms with van der Waals surface area (Å²) in [6, 6.07) is 16.0. The van der Waals surface area contributed by atoms with Crippen LogP contribution in [-0.4, -0.2) is 49.8 Å². The summed E-state index contributed by atoms with van der Waals surface area (Å²) in [7, 11) is 6.11. The second-order valence-corrected chi connectivity index (χ2v) is 9.41. The van der Waals surface area contributed by atoms with Crippen LogP contribution < -0.4 is 34.6 Å². The predicted molar refractivity (Wildman–Crippen MR) is 157 cm³/mol. The zero-order valence-corrected chi connectivity index (χ0v) is 23.1. The van der Waals surface area contributed by atoms with Crippen molar-refractivity contribution in [1.82, 2.24) is 9.38 Å². The summed E-state index contributed by atoms with van der Waals surface area (Å²) in [4.78, 5) is 31.6. The summed E-state index contributed by atoms with van der Waals surface area (Å²) in [5.74, 6) is 2.01. The largest absolute Gasteiger partial charge is 0.497 e. The molecule has 1 atom stereocenters. The van der Waals surface area contributed by atoms with Gasteiger partial charge < -0.3 is 29.0 Å². The average Bonchev–Trinajstić information content (AvgIpc) is 3.33. The quantitative estimate of drug-likeness (QED) is 0.261. The van der Waals surface area contributed by atoms with Crippen molar-refractivity contribution in [1.29, 1.82) is 0 Å². The lowest BCUT2D eigenvalue weighted by Crippen LogP contribution is -2.30. The van der Waals surface area contributed by atoms with Crippen LogP contribution in [0.2, 0.25) is 0 Å². The van der Waals surface area contributed by atoms with Gasteiger partial charge in [-0.3, -0.25) is 19.0 Å². The molecule has 1 amide bonds. The summed E-state index contributed by atoms with van der Waals surface area (Å²) in [5.41, 5.74) is 2.30. The third-order valence-corrected chi connectivity index (χ3v) is 7.21. The monoisotopic (exact) mass is 553 g/mol. The number of carbonyl (C=O) groups excluding carboxylic acids is 1. The Balaban J connectivity index is 1.41. The predicted octanol–water partition coefficient (Wildman–Crippen LogP) is 5.03. The molecule has 0 saturated carbocycles. The first-order chi connectivity index (χ1) is 19.9. The van der Waals surface area contributed by atoms with Gasteiger partial charge in [0, 0.05) is 28.4 Å². The number of hydrogen-bond donors (Lipinski definition) is 1. The average molecular weight is 554 g/mol. The lowest BCUT2D eigenvalue weighted by molar-refractivity contribution is -0.122. The molecular weight excluding hydrogens is 526 g/mol. The third kappa shape index (κ3) is 4.07. The number of ether oxygens (including phenoxy) is 5. The number of pyridine rings is 2. The normalized spacial score (nSPS) is 12.1. The first-order valence-corrected chi connectivity index (χ1v) is 12.8. The Morgan fingerprint density at radius 2 is 1.61 bits per heavy atom. The summed E-state index contributed by atoms with van der Waals surface area (Å²) >= 11 is 0. The number of fused-ring (bicyclic) bond motifs is 5. The minimum Gasteiger partial charge on any atom is -0.497 e. The van der Waals surface area contributed by atoms with E-state index >= 15 is 0 Å². The molecule has 6 aromatic rings. The van der Waals surface area contributed by atoms with Gasteiger partial charge in [0.05, 0.1) is 56.1 Å². The Hall–Kier alpha value is -5.25. The lowest BCUT2D eigenvalue weighted by atomic mass is 10.1. The highest BCUT2D eigenvalue weighted by atomic mass is 16.5. The maximum absolute atomic E-state index is 13.9. The van der Waals surface area contributed by atoms with Gasteiger partial charge in [0.1, 0.15) is 17.2 Å². The van der Waals surface area contributed by atoms with Crippen LogP contribution in [0.3, 0.4) is 0 Å². The number of nitrogens with one attached hydrogen (secondary N) is 1. The molecule has 0 aliphatic rings. The van der Waals surface area contributed by atoms with E-state index in [0.717, 1.165) is 10.8 Å². The standard InChI is InChI=1S/C31H27N3O7/c1-16(30(35)33-22-9-6-17(37-2)15-25(22)39-4)41-18-7-10-23-21(14-18)19-12-13-32-27-20-8-11-24(38-3)29(40-5)26(20)31(36)34(23)28(19)27/h6-16H,1-5H3,(H,33,35). The molecule has 1 N–H and O–H groups in total. The van der Waals surface area contributed by atoms with Crippen LogP contribution in [0.25, 0.3) is 38.1 Å². The fourth-order valence-corrected chi connectivity index (χ4v) is 5.27. The Bertz CT molecular complexity index is 2020. The number of carbonyl (C=O) groups is 1. The molecule has 0 aliphatic heterocycles. The van der Waals surface area contributed by atoms with E-state index in [1.54, 1.807) is 61.0 Å². The maximum atomic E-state index is 13.9. The third-order valence-electron chi connectivity index (χ3n) is 7.21. The zero-order chi connectivity index (χ0) is 28.8. The highest BCUT2D eigenvalue weighted by Crippen LogP contribution is 2.39. The molecule has 208 valence electrons. The molecule has 3 aromatic carbocycles. The van der Waals surface area contributed by atoms with Gasteiger partial charge in [0.25, 0.3) is 11.5 Å². The van der Waals surface area contributed by atoms with E-state index in [1.165, 1.54) is 21.3 Å². The summed E-state index contributed by atoms with van der Waals surface area (Å²) in [5, 5.41) is 5.52. The van der Waals surface area contributed by atoms with Crippen molar-refractivity contribution < 1.29 is 28.5 Å². The molecule has 10 nitrogen and oxygen atoms in total. The van der Waals surface area contributed by atoms with Gasteiger partial charge in [0.15, 0.2) is 17.6 Å². The van der Waals surface area contributed by atoms with Crippen LogP contribution in [0.15, 0.2) is 65.6 Å². The molecule has 0 aliphatic carbocycles. The molecule has 1 unspecified atom stereocenters. The summed E-state index contributed by atoms with van der Waals surface area (Å²) in [6.07, 6.45) is 0.881. The van der Waals surface area contributed by atoms with Crippen LogP contribution in [-0.2, 0) is 4.79 Å². The molecular formula is C31H27N3O7. The van der Waals surface area contributed by atoms with E-state index in [2.05, 4.69) is 10.3 Å². The van der Waals surface area contributed by atoms with E-state index in [9.17, 15) is 9.59 Å².